The topological polar surface area (TPSA) is 37.3 Å². The molecule has 9 heavy (non-hydrogen) atoms. The molecule has 52 valence electrons. The van der Waals surface area contributed by atoms with Crippen LogP contribution in [0.5, 0.6) is 0 Å². The Bertz CT molecular complexity index is 105. The minimum atomic E-state index is -0.762. The molecule has 1 N–H and O–H groups in total. The molecule has 0 spiro atoms. The SMILES string of the molecule is CCCC=CCC(=O)O. The highest BCUT2D eigenvalue weighted by Crippen LogP contribution is 1.90. The van der Waals surface area contributed by atoms with E-state index in [0.29, 0.717) is 0 Å². The Balaban J connectivity index is 3.14. The van der Waals surface area contributed by atoms with Crippen LogP contribution in [0.1, 0.15) is 26.2 Å². The van der Waals surface area contributed by atoms with Crippen molar-refractivity contribution in [1.82, 2.24) is 0 Å². The van der Waals surface area contributed by atoms with Gasteiger partial charge in [0.2, 0.25) is 0 Å². The summed E-state index contributed by atoms with van der Waals surface area (Å²) in [7, 11) is 0. The molecule has 0 amide bonds. The molecule has 2 nitrogen and oxygen atoms in total. The van der Waals surface area contributed by atoms with Gasteiger partial charge in [-0.15, -0.1) is 0 Å². The zero-order valence-corrected chi connectivity index (χ0v) is 5.63. The van der Waals surface area contributed by atoms with Gasteiger partial charge in [0.25, 0.3) is 0 Å². The van der Waals surface area contributed by atoms with Gasteiger partial charge in [0.05, 0.1) is 6.42 Å². The number of rotatable bonds is 4. The summed E-state index contributed by atoms with van der Waals surface area (Å²) in [4.78, 5) is 9.91. The zero-order valence-electron chi connectivity index (χ0n) is 5.63. The lowest BCUT2D eigenvalue weighted by molar-refractivity contribution is -0.136. The third kappa shape index (κ3) is 7.21. The lowest BCUT2D eigenvalue weighted by atomic mass is 10.3. The number of carbonyl (C=O) groups is 1. The molecule has 0 atom stereocenters. The fourth-order valence-electron chi connectivity index (χ4n) is 0.469. The van der Waals surface area contributed by atoms with Gasteiger partial charge in [-0.1, -0.05) is 25.5 Å². The molecule has 0 heterocycles. The summed E-state index contributed by atoms with van der Waals surface area (Å²) in [5.41, 5.74) is 0. The molecule has 0 aliphatic heterocycles. The van der Waals surface area contributed by atoms with Crippen molar-refractivity contribution >= 4 is 5.97 Å². The largest absolute Gasteiger partial charge is 0.481 e. The maximum absolute atomic E-state index is 9.91. The maximum Gasteiger partial charge on any atom is 0.307 e. The quantitative estimate of drug-likeness (QED) is 0.586. The first-order valence-corrected chi connectivity index (χ1v) is 3.14. The first kappa shape index (κ1) is 8.21. The molecule has 0 unspecified atom stereocenters. The molecule has 2 heteroatoms. The second kappa shape index (κ2) is 5.35. The highest BCUT2D eigenvalue weighted by atomic mass is 16.4. The number of hydrogen-bond acceptors (Lipinski definition) is 1. The van der Waals surface area contributed by atoms with Crippen LogP contribution in [-0.2, 0) is 4.79 Å². The number of carboxylic acid groups (broad SMARTS) is 1. The summed E-state index contributed by atoms with van der Waals surface area (Å²) in [6, 6.07) is 0. The predicted molar refractivity (Wildman–Crippen MR) is 36.3 cm³/mol. The monoisotopic (exact) mass is 128 g/mol. The fraction of sp³-hybridized carbons (Fsp3) is 0.571. The molecule has 0 radical (unpaired) electrons. The van der Waals surface area contributed by atoms with E-state index >= 15 is 0 Å². The van der Waals surface area contributed by atoms with Crippen molar-refractivity contribution in [2.45, 2.75) is 26.2 Å². The first-order chi connectivity index (χ1) is 4.27. The molecule has 0 aliphatic carbocycles. The van der Waals surface area contributed by atoms with E-state index in [1.54, 1.807) is 6.08 Å². The third-order valence-corrected chi connectivity index (χ3v) is 0.914. The van der Waals surface area contributed by atoms with Crippen LogP contribution in [0.25, 0.3) is 0 Å². The van der Waals surface area contributed by atoms with E-state index in [4.69, 9.17) is 5.11 Å². The van der Waals surface area contributed by atoms with E-state index < -0.39 is 5.97 Å². The maximum atomic E-state index is 9.91. The van der Waals surface area contributed by atoms with Gasteiger partial charge < -0.3 is 5.11 Å². The Kier molecular flexibility index (Phi) is 4.88. The predicted octanol–water partition coefficient (Wildman–Crippen LogP) is 1.82. The van der Waals surface area contributed by atoms with Crippen LogP contribution in [0, 0.1) is 0 Å². The summed E-state index contributed by atoms with van der Waals surface area (Å²) >= 11 is 0. The molecule has 0 aromatic heterocycles. The molecule has 0 aromatic rings. The Morgan fingerprint density at radius 3 is 2.67 bits per heavy atom. The molecular weight excluding hydrogens is 116 g/mol. The Hall–Kier alpha value is -0.790. The third-order valence-electron chi connectivity index (χ3n) is 0.914. The summed E-state index contributed by atoms with van der Waals surface area (Å²) in [5, 5.41) is 8.16. The zero-order chi connectivity index (χ0) is 7.11. The van der Waals surface area contributed by atoms with Crippen molar-refractivity contribution < 1.29 is 9.90 Å². The highest BCUT2D eigenvalue weighted by Gasteiger charge is 1.86. The van der Waals surface area contributed by atoms with Gasteiger partial charge in [0.15, 0.2) is 0 Å². The van der Waals surface area contributed by atoms with Gasteiger partial charge in [-0.3, -0.25) is 4.79 Å². The Labute approximate surface area is 55.2 Å². The molecule has 0 bridgehead atoms. The second-order valence-electron chi connectivity index (χ2n) is 1.86. The molecule has 0 saturated heterocycles. The van der Waals surface area contributed by atoms with Gasteiger partial charge in [0.1, 0.15) is 0 Å². The number of carboxylic acids is 1. The Morgan fingerprint density at radius 2 is 2.22 bits per heavy atom. The van der Waals surface area contributed by atoms with E-state index in [-0.39, 0.29) is 6.42 Å². The van der Waals surface area contributed by atoms with E-state index in [2.05, 4.69) is 6.92 Å². The van der Waals surface area contributed by atoms with Crippen molar-refractivity contribution in [1.29, 1.82) is 0 Å². The van der Waals surface area contributed by atoms with Crippen molar-refractivity contribution in [3.05, 3.63) is 12.2 Å². The molecule has 0 aromatic carbocycles. The molecule has 0 rings (SSSR count). The summed E-state index contributed by atoms with van der Waals surface area (Å²) < 4.78 is 0. The van der Waals surface area contributed by atoms with Crippen LogP contribution < -0.4 is 0 Å². The van der Waals surface area contributed by atoms with E-state index in [1.165, 1.54) is 0 Å². The average molecular weight is 128 g/mol. The number of unbranched alkanes of at least 4 members (excludes halogenated alkanes) is 1. The van der Waals surface area contributed by atoms with Crippen LogP contribution in [0.3, 0.4) is 0 Å². The minimum Gasteiger partial charge on any atom is -0.481 e. The summed E-state index contributed by atoms with van der Waals surface area (Å²) in [5.74, 6) is -0.762. The van der Waals surface area contributed by atoms with E-state index in [0.717, 1.165) is 12.8 Å². The summed E-state index contributed by atoms with van der Waals surface area (Å²) in [6.07, 6.45) is 5.79. The molecule has 0 saturated carbocycles. The minimum absolute atomic E-state index is 0.153. The fourth-order valence-corrected chi connectivity index (χ4v) is 0.469. The molecule has 0 fully saturated rings. The Morgan fingerprint density at radius 1 is 1.56 bits per heavy atom. The highest BCUT2D eigenvalue weighted by molar-refractivity contribution is 5.68. The lowest BCUT2D eigenvalue weighted by Crippen LogP contribution is -1.89. The van der Waals surface area contributed by atoms with Crippen LogP contribution in [0.4, 0.5) is 0 Å². The molecular formula is C7H12O2. The number of allylic oxidation sites excluding steroid dienone is 1. The first-order valence-electron chi connectivity index (χ1n) is 3.14. The second-order valence-corrected chi connectivity index (χ2v) is 1.86. The van der Waals surface area contributed by atoms with Crippen molar-refractivity contribution in [2.24, 2.45) is 0 Å². The smallest absolute Gasteiger partial charge is 0.307 e. The van der Waals surface area contributed by atoms with Crippen molar-refractivity contribution in [2.75, 3.05) is 0 Å². The van der Waals surface area contributed by atoms with Crippen LogP contribution in [0.2, 0.25) is 0 Å². The number of aliphatic carboxylic acids is 1. The standard InChI is InChI=1S/C7H12O2/c1-2-3-4-5-6-7(8)9/h4-5H,2-3,6H2,1H3,(H,8,9). The van der Waals surface area contributed by atoms with Gasteiger partial charge >= 0.3 is 5.97 Å². The van der Waals surface area contributed by atoms with Gasteiger partial charge in [-0.05, 0) is 6.42 Å². The van der Waals surface area contributed by atoms with E-state index in [9.17, 15) is 4.79 Å². The van der Waals surface area contributed by atoms with Gasteiger partial charge in [-0.25, -0.2) is 0 Å². The van der Waals surface area contributed by atoms with Gasteiger partial charge in [-0.2, -0.15) is 0 Å². The van der Waals surface area contributed by atoms with E-state index in [1.807, 2.05) is 6.08 Å². The summed E-state index contributed by atoms with van der Waals surface area (Å²) in [6.45, 7) is 2.06. The lowest BCUT2D eigenvalue weighted by Gasteiger charge is -1.83. The van der Waals surface area contributed by atoms with Crippen molar-refractivity contribution in [3.63, 3.8) is 0 Å². The normalized spacial score (nSPS) is 10.3. The number of hydrogen-bond donors (Lipinski definition) is 1. The van der Waals surface area contributed by atoms with Crippen molar-refractivity contribution in [3.8, 4) is 0 Å². The van der Waals surface area contributed by atoms with Crippen LogP contribution >= 0.6 is 0 Å². The average Bonchev–Trinajstić information content (AvgIpc) is 1.80. The van der Waals surface area contributed by atoms with Crippen LogP contribution in [0.15, 0.2) is 12.2 Å². The molecule has 0 aliphatic rings. The van der Waals surface area contributed by atoms with Crippen LogP contribution in [-0.4, -0.2) is 11.1 Å². The van der Waals surface area contributed by atoms with Gasteiger partial charge in [0, 0.05) is 0 Å².